The summed E-state index contributed by atoms with van der Waals surface area (Å²) in [6, 6.07) is 7.86. The van der Waals surface area contributed by atoms with Crippen LogP contribution in [0.2, 0.25) is 0 Å². The third-order valence-electron chi connectivity index (χ3n) is 5.37. The summed E-state index contributed by atoms with van der Waals surface area (Å²) in [6.45, 7) is 4.92. The lowest BCUT2D eigenvalue weighted by Crippen LogP contribution is -2.61. The Kier molecular flexibility index (Phi) is 5.30. The fourth-order valence-corrected chi connectivity index (χ4v) is 4.29. The molecule has 136 valence electrons. The lowest BCUT2D eigenvalue weighted by molar-refractivity contribution is -0.174. The molecule has 2 aliphatic heterocycles. The summed E-state index contributed by atoms with van der Waals surface area (Å²) in [5.74, 6) is -0.889. The van der Waals surface area contributed by atoms with E-state index in [4.69, 9.17) is 9.47 Å². The van der Waals surface area contributed by atoms with Gasteiger partial charge in [-0.25, -0.2) is 0 Å². The molecule has 0 bridgehead atoms. The Balaban J connectivity index is 2.14. The second-order valence-corrected chi connectivity index (χ2v) is 6.78. The van der Waals surface area contributed by atoms with Crippen LogP contribution in [0, 0.1) is 5.41 Å². The Bertz CT molecular complexity index is 624. The third kappa shape index (κ3) is 3.00. The van der Waals surface area contributed by atoms with E-state index in [2.05, 4.69) is 11.0 Å². The molecule has 0 amide bonds. The first-order valence-corrected chi connectivity index (χ1v) is 9.34. The quantitative estimate of drug-likeness (QED) is 0.620. The summed E-state index contributed by atoms with van der Waals surface area (Å²) in [5.41, 5.74) is 0.880. The van der Waals surface area contributed by atoms with Crippen LogP contribution in [0.3, 0.4) is 0 Å². The number of hydrogen-bond donors (Lipinski definition) is 0. The van der Waals surface area contributed by atoms with Gasteiger partial charge in [0, 0.05) is 18.7 Å². The van der Waals surface area contributed by atoms with E-state index in [1.54, 1.807) is 13.8 Å². The second kappa shape index (κ2) is 7.46. The van der Waals surface area contributed by atoms with Crippen LogP contribution >= 0.6 is 0 Å². The minimum Gasteiger partial charge on any atom is -0.465 e. The number of para-hydroxylation sites is 1. The maximum absolute atomic E-state index is 13.1. The van der Waals surface area contributed by atoms with Crippen molar-refractivity contribution in [3.8, 4) is 0 Å². The van der Waals surface area contributed by atoms with Gasteiger partial charge >= 0.3 is 11.9 Å². The highest BCUT2D eigenvalue weighted by Crippen LogP contribution is 2.46. The van der Waals surface area contributed by atoms with Gasteiger partial charge in [-0.05, 0) is 38.3 Å². The first kappa shape index (κ1) is 17.8. The second-order valence-electron chi connectivity index (χ2n) is 6.78. The van der Waals surface area contributed by atoms with E-state index in [0.717, 1.165) is 43.5 Å². The van der Waals surface area contributed by atoms with Crippen molar-refractivity contribution < 1.29 is 19.1 Å². The molecule has 5 nitrogen and oxygen atoms in total. The van der Waals surface area contributed by atoms with Crippen molar-refractivity contribution in [3.05, 3.63) is 29.8 Å². The van der Waals surface area contributed by atoms with Gasteiger partial charge in [-0.1, -0.05) is 31.0 Å². The van der Waals surface area contributed by atoms with Crippen molar-refractivity contribution in [3.63, 3.8) is 0 Å². The maximum atomic E-state index is 13.1. The summed E-state index contributed by atoms with van der Waals surface area (Å²) in [7, 11) is 0. The Morgan fingerprint density at radius 2 is 1.76 bits per heavy atom. The molecule has 2 heterocycles. The maximum Gasteiger partial charge on any atom is 0.325 e. The van der Waals surface area contributed by atoms with Gasteiger partial charge in [-0.2, -0.15) is 0 Å². The number of rotatable bonds is 4. The highest BCUT2D eigenvalue weighted by atomic mass is 16.6. The van der Waals surface area contributed by atoms with Crippen LogP contribution in [0.5, 0.6) is 0 Å². The molecule has 5 heteroatoms. The molecule has 0 spiro atoms. The predicted octanol–water partition coefficient (Wildman–Crippen LogP) is 3.10. The van der Waals surface area contributed by atoms with E-state index in [-0.39, 0.29) is 19.3 Å². The van der Waals surface area contributed by atoms with E-state index in [1.807, 2.05) is 18.2 Å². The van der Waals surface area contributed by atoms with Gasteiger partial charge in [0.15, 0.2) is 5.41 Å². The lowest BCUT2D eigenvalue weighted by Gasteiger charge is -2.47. The van der Waals surface area contributed by atoms with Crippen molar-refractivity contribution >= 4 is 17.6 Å². The molecule has 2 aliphatic rings. The Hall–Kier alpha value is -2.04. The summed E-state index contributed by atoms with van der Waals surface area (Å²) >= 11 is 0. The molecule has 25 heavy (non-hydrogen) atoms. The number of carbonyl (C=O) groups excluding carboxylic acids is 2. The van der Waals surface area contributed by atoms with Crippen molar-refractivity contribution in [2.45, 2.75) is 52.0 Å². The first-order valence-electron chi connectivity index (χ1n) is 9.34. The van der Waals surface area contributed by atoms with Crippen LogP contribution in [0.4, 0.5) is 5.69 Å². The number of fused-ring (bicyclic) bond motifs is 3. The zero-order valence-corrected chi connectivity index (χ0v) is 15.1. The topological polar surface area (TPSA) is 55.8 Å². The monoisotopic (exact) mass is 345 g/mol. The fourth-order valence-electron chi connectivity index (χ4n) is 4.29. The average Bonchev–Trinajstić information content (AvgIpc) is 2.87. The van der Waals surface area contributed by atoms with Gasteiger partial charge in [0.05, 0.1) is 19.3 Å². The molecule has 1 atom stereocenters. The number of anilines is 1. The van der Waals surface area contributed by atoms with Gasteiger partial charge in [0.25, 0.3) is 0 Å². The largest absolute Gasteiger partial charge is 0.465 e. The van der Waals surface area contributed by atoms with Crippen LogP contribution in [0.1, 0.15) is 45.1 Å². The zero-order chi connectivity index (χ0) is 17.9. The number of nitrogens with zero attached hydrogens (tertiary/aromatic N) is 1. The molecule has 0 aliphatic carbocycles. The van der Waals surface area contributed by atoms with Gasteiger partial charge in [0.2, 0.25) is 0 Å². The van der Waals surface area contributed by atoms with Crippen LogP contribution in [0.25, 0.3) is 0 Å². The van der Waals surface area contributed by atoms with Crippen molar-refractivity contribution in [1.82, 2.24) is 0 Å². The van der Waals surface area contributed by atoms with Gasteiger partial charge in [-0.15, -0.1) is 0 Å². The Labute approximate surface area is 149 Å². The fraction of sp³-hybridized carbons (Fsp3) is 0.600. The van der Waals surface area contributed by atoms with Gasteiger partial charge in [0.1, 0.15) is 0 Å². The van der Waals surface area contributed by atoms with Crippen LogP contribution in [-0.2, 0) is 25.5 Å². The van der Waals surface area contributed by atoms with Gasteiger partial charge < -0.3 is 14.4 Å². The number of ether oxygens (including phenoxy) is 2. The zero-order valence-electron chi connectivity index (χ0n) is 15.1. The van der Waals surface area contributed by atoms with Crippen LogP contribution in [-0.4, -0.2) is 37.7 Å². The molecule has 1 fully saturated rings. The van der Waals surface area contributed by atoms with E-state index < -0.39 is 17.4 Å². The molecule has 0 N–H and O–H groups in total. The number of carbonyl (C=O) groups is 2. The SMILES string of the molecule is CCOC(=O)C1(C(=O)OCC)Cc2ccccc2N2CCCCC[C@H]21. The van der Waals surface area contributed by atoms with Crippen molar-refractivity contribution in [1.29, 1.82) is 0 Å². The van der Waals surface area contributed by atoms with E-state index in [9.17, 15) is 9.59 Å². The molecule has 0 saturated carbocycles. The molecule has 1 saturated heterocycles. The molecule has 0 unspecified atom stereocenters. The molecular formula is C20H27NO4. The van der Waals surface area contributed by atoms with Crippen molar-refractivity contribution in [2.75, 3.05) is 24.7 Å². The van der Waals surface area contributed by atoms with E-state index in [1.165, 1.54) is 0 Å². The summed E-state index contributed by atoms with van der Waals surface area (Å²) in [6.07, 6.45) is 4.32. The van der Waals surface area contributed by atoms with Crippen molar-refractivity contribution in [2.24, 2.45) is 5.41 Å². The molecule has 1 aromatic carbocycles. The minimum absolute atomic E-state index is 0.206. The third-order valence-corrected chi connectivity index (χ3v) is 5.37. The Morgan fingerprint density at radius 3 is 2.44 bits per heavy atom. The summed E-state index contributed by atoms with van der Waals surface area (Å²) in [4.78, 5) is 28.4. The standard InChI is InChI=1S/C20H27NO4/c1-3-24-18(22)20(19(23)25-4-2)14-15-10-7-8-11-16(15)21-13-9-5-6-12-17(20)21/h7-8,10-11,17H,3-6,9,12-14H2,1-2H3/t17-/m0/s1. The molecule has 0 aromatic heterocycles. The van der Waals surface area contributed by atoms with Crippen LogP contribution in [0.15, 0.2) is 24.3 Å². The average molecular weight is 345 g/mol. The van der Waals surface area contributed by atoms with E-state index >= 15 is 0 Å². The Morgan fingerprint density at radius 1 is 1.08 bits per heavy atom. The lowest BCUT2D eigenvalue weighted by atomic mass is 9.69. The number of hydrogen-bond acceptors (Lipinski definition) is 5. The number of benzene rings is 1. The molecule has 1 aromatic rings. The molecule has 0 radical (unpaired) electrons. The molecular weight excluding hydrogens is 318 g/mol. The highest BCUT2D eigenvalue weighted by molar-refractivity contribution is 6.03. The normalized spacial score (nSPS) is 21.5. The number of esters is 2. The predicted molar refractivity (Wildman–Crippen MR) is 95.4 cm³/mol. The smallest absolute Gasteiger partial charge is 0.325 e. The van der Waals surface area contributed by atoms with Crippen LogP contribution < -0.4 is 4.90 Å². The highest BCUT2D eigenvalue weighted by Gasteiger charge is 2.59. The van der Waals surface area contributed by atoms with Gasteiger partial charge in [-0.3, -0.25) is 9.59 Å². The first-order chi connectivity index (χ1) is 12.1. The van der Waals surface area contributed by atoms with E-state index in [0.29, 0.717) is 6.42 Å². The minimum atomic E-state index is -1.27. The summed E-state index contributed by atoms with van der Waals surface area (Å²) in [5, 5.41) is 0. The summed E-state index contributed by atoms with van der Waals surface area (Å²) < 4.78 is 10.8. The molecule has 3 rings (SSSR count).